The van der Waals surface area contributed by atoms with Gasteiger partial charge in [0.25, 0.3) is 0 Å². The minimum atomic E-state index is -0.585. The van der Waals surface area contributed by atoms with Gasteiger partial charge in [0, 0.05) is 18.3 Å². The van der Waals surface area contributed by atoms with Crippen LogP contribution in [0.2, 0.25) is 0 Å². The van der Waals surface area contributed by atoms with Gasteiger partial charge in [0.1, 0.15) is 6.54 Å². The van der Waals surface area contributed by atoms with Gasteiger partial charge in [-0.15, -0.1) is 0 Å². The highest BCUT2D eigenvalue weighted by Gasteiger charge is 2.12. The Morgan fingerprint density at radius 1 is 1.04 bits per heavy atom. The number of rotatable bonds is 4. The first kappa shape index (κ1) is 15.5. The number of oxazole rings is 1. The Morgan fingerprint density at radius 2 is 1.75 bits per heavy atom. The van der Waals surface area contributed by atoms with E-state index in [4.69, 9.17) is 4.42 Å². The molecule has 122 valence electrons. The third kappa shape index (κ3) is 3.35. The van der Waals surface area contributed by atoms with Crippen molar-refractivity contribution in [1.82, 2.24) is 4.57 Å². The zero-order valence-corrected chi connectivity index (χ0v) is 12.9. The maximum absolute atomic E-state index is 12.2. The Hall–Kier alpha value is -3.35. The molecule has 0 saturated heterocycles. The fourth-order valence-corrected chi connectivity index (χ4v) is 2.39. The Labute approximate surface area is 136 Å². The molecule has 2 N–H and O–H groups in total. The van der Waals surface area contributed by atoms with Crippen LogP contribution < -0.4 is 16.4 Å². The van der Waals surface area contributed by atoms with E-state index >= 15 is 0 Å². The molecule has 0 aliphatic rings. The molecule has 0 unspecified atom stereocenters. The predicted molar refractivity (Wildman–Crippen MR) is 89.8 cm³/mol. The van der Waals surface area contributed by atoms with Gasteiger partial charge in [0.05, 0.1) is 5.52 Å². The number of para-hydroxylation sites is 2. The van der Waals surface area contributed by atoms with Crippen LogP contribution in [0, 0.1) is 0 Å². The van der Waals surface area contributed by atoms with E-state index in [2.05, 4.69) is 10.6 Å². The Bertz CT molecular complexity index is 971. The molecule has 0 saturated carbocycles. The first-order valence-electron chi connectivity index (χ1n) is 7.29. The average molecular weight is 325 g/mol. The molecule has 0 atom stereocenters. The van der Waals surface area contributed by atoms with Crippen molar-refractivity contribution in [2.24, 2.45) is 0 Å². The van der Waals surface area contributed by atoms with Gasteiger partial charge in [-0.3, -0.25) is 14.2 Å². The summed E-state index contributed by atoms with van der Waals surface area (Å²) in [6.45, 7) is 1.24. The average Bonchev–Trinajstić information content (AvgIpc) is 2.83. The lowest BCUT2D eigenvalue weighted by molar-refractivity contribution is -0.117. The molecule has 0 fully saturated rings. The molecule has 0 aliphatic carbocycles. The molecule has 2 amide bonds. The molecule has 7 nitrogen and oxygen atoms in total. The van der Waals surface area contributed by atoms with Crippen LogP contribution in [0.4, 0.5) is 11.4 Å². The van der Waals surface area contributed by atoms with Crippen LogP contribution >= 0.6 is 0 Å². The first-order valence-corrected chi connectivity index (χ1v) is 7.29. The highest BCUT2D eigenvalue weighted by molar-refractivity contribution is 5.93. The SMILES string of the molecule is CC(=O)Nc1cccc(NC(=O)Cn2c(=O)oc3ccccc32)c1. The summed E-state index contributed by atoms with van der Waals surface area (Å²) in [6.07, 6.45) is 0. The summed E-state index contributed by atoms with van der Waals surface area (Å²) in [7, 11) is 0. The topological polar surface area (TPSA) is 93.3 Å². The van der Waals surface area contributed by atoms with Crippen molar-refractivity contribution in [3.63, 3.8) is 0 Å². The van der Waals surface area contributed by atoms with Crippen LogP contribution in [0.3, 0.4) is 0 Å². The van der Waals surface area contributed by atoms with Gasteiger partial charge in [-0.05, 0) is 30.3 Å². The quantitative estimate of drug-likeness (QED) is 0.769. The third-order valence-electron chi connectivity index (χ3n) is 3.34. The molecule has 3 rings (SSSR count). The zero-order chi connectivity index (χ0) is 17.1. The summed E-state index contributed by atoms with van der Waals surface area (Å²) in [4.78, 5) is 35.2. The molecule has 0 bridgehead atoms. The number of fused-ring (bicyclic) bond motifs is 1. The Kier molecular flexibility index (Phi) is 4.15. The number of anilines is 2. The van der Waals surface area contributed by atoms with E-state index in [1.165, 1.54) is 11.5 Å². The summed E-state index contributed by atoms with van der Waals surface area (Å²) in [5.41, 5.74) is 2.09. The van der Waals surface area contributed by atoms with Crippen molar-refractivity contribution in [3.05, 3.63) is 59.1 Å². The van der Waals surface area contributed by atoms with Gasteiger partial charge < -0.3 is 15.1 Å². The van der Waals surface area contributed by atoms with E-state index in [-0.39, 0.29) is 18.4 Å². The molecule has 0 spiro atoms. The number of aromatic nitrogens is 1. The Balaban J connectivity index is 1.77. The van der Waals surface area contributed by atoms with E-state index in [0.717, 1.165) is 0 Å². The minimum Gasteiger partial charge on any atom is -0.408 e. The summed E-state index contributed by atoms with van der Waals surface area (Å²) >= 11 is 0. The summed E-state index contributed by atoms with van der Waals surface area (Å²) in [6, 6.07) is 13.7. The van der Waals surface area contributed by atoms with Crippen LogP contribution in [0.15, 0.2) is 57.7 Å². The van der Waals surface area contributed by atoms with E-state index < -0.39 is 5.76 Å². The number of amides is 2. The second-order valence-corrected chi connectivity index (χ2v) is 5.23. The van der Waals surface area contributed by atoms with Crippen molar-refractivity contribution in [1.29, 1.82) is 0 Å². The second-order valence-electron chi connectivity index (χ2n) is 5.23. The molecule has 3 aromatic rings. The molecule has 2 aromatic carbocycles. The third-order valence-corrected chi connectivity index (χ3v) is 3.34. The number of nitrogens with zero attached hydrogens (tertiary/aromatic N) is 1. The van der Waals surface area contributed by atoms with Gasteiger partial charge in [-0.1, -0.05) is 18.2 Å². The van der Waals surface area contributed by atoms with Crippen LogP contribution in [0.25, 0.3) is 11.1 Å². The van der Waals surface area contributed by atoms with Gasteiger partial charge >= 0.3 is 5.76 Å². The van der Waals surface area contributed by atoms with Crippen LogP contribution in [-0.4, -0.2) is 16.4 Å². The molecule has 7 heteroatoms. The van der Waals surface area contributed by atoms with Crippen molar-refractivity contribution in [2.75, 3.05) is 10.6 Å². The van der Waals surface area contributed by atoms with Gasteiger partial charge in [-0.2, -0.15) is 0 Å². The van der Waals surface area contributed by atoms with E-state index in [9.17, 15) is 14.4 Å². The fourth-order valence-electron chi connectivity index (χ4n) is 2.39. The van der Waals surface area contributed by atoms with Crippen molar-refractivity contribution in [2.45, 2.75) is 13.5 Å². The maximum Gasteiger partial charge on any atom is 0.420 e. The van der Waals surface area contributed by atoms with Gasteiger partial charge in [0.15, 0.2) is 5.58 Å². The largest absolute Gasteiger partial charge is 0.420 e. The predicted octanol–water partition coefficient (Wildman–Crippen LogP) is 2.19. The Morgan fingerprint density at radius 3 is 2.50 bits per heavy atom. The second kappa shape index (κ2) is 6.41. The number of hydrogen-bond donors (Lipinski definition) is 2. The molecule has 1 heterocycles. The highest BCUT2D eigenvalue weighted by Crippen LogP contribution is 2.16. The molecule has 0 aliphatic heterocycles. The maximum atomic E-state index is 12.2. The molecular formula is C17H15N3O4. The van der Waals surface area contributed by atoms with Crippen molar-refractivity contribution >= 4 is 34.3 Å². The lowest BCUT2D eigenvalue weighted by Crippen LogP contribution is -2.24. The highest BCUT2D eigenvalue weighted by atomic mass is 16.4. The number of nitrogens with one attached hydrogen (secondary N) is 2. The number of carbonyl (C=O) groups excluding carboxylic acids is 2. The summed E-state index contributed by atoms with van der Waals surface area (Å²) < 4.78 is 6.36. The minimum absolute atomic E-state index is 0.166. The molecule has 1 aromatic heterocycles. The zero-order valence-electron chi connectivity index (χ0n) is 12.9. The monoisotopic (exact) mass is 325 g/mol. The number of hydrogen-bond acceptors (Lipinski definition) is 4. The lowest BCUT2D eigenvalue weighted by atomic mass is 10.2. The number of carbonyl (C=O) groups is 2. The van der Waals surface area contributed by atoms with E-state index in [1.807, 2.05) is 0 Å². The standard InChI is InChI=1S/C17H15N3O4/c1-11(21)18-12-5-4-6-13(9-12)19-16(22)10-20-14-7-2-3-8-15(14)24-17(20)23/h2-9H,10H2,1H3,(H,18,21)(H,19,22). The van der Waals surface area contributed by atoms with Crippen molar-refractivity contribution < 1.29 is 14.0 Å². The molecule has 0 radical (unpaired) electrons. The van der Waals surface area contributed by atoms with E-state index in [0.29, 0.717) is 22.5 Å². The molecule has 24 heavy (non-hydrogen) atoms. The smallest absolute Gasteiger partial charge is 0.408 e. The summed E-state index contributed by atoms with van der Waals surface area (Å²) in [5, 5.41) is 5.33. The first-order chi connectivity index (χ1) is 11.5. The van der Waals surface area contributed by atoms with Crippen LogP contribution in [-0.2, 0) is 16.1 Å². The lowest BCUT2D eigenvalue weighted by Gasteiger charge is -2.08. The fraction of sp³-hybridized carbons (Fsp3) is 0.118. The van der Waals surface area contributed by atoms with Crippen LogP contribution in [0.5, 0.6) is 0 Å². The van der Waals surface area contributed by atoms with E-state index in [1.54, 1.807) is 48.5 Å². The number of benzene rings is 2. The molecular weight excluding hydrogens is 310 g/mol. The summed E-state index contributed by atoms with van der Waals surface area (Å²) in [5.74, 6) is -1.16. The van der Waals surface area contributed by atoms with Gasteiger partial charge in [0.2, 0.25) is 11.8 Å². The van der Waals surface area contributed by atoms with Crippen molar-refractivity contribution in [3.8, 4) is 0 Å². The van der Waals surface area contributed by atoms with Crippen LogP contribution in [0.1, 0.15) is 6.92 Å². The van der Waals surface area contributed by atoms with Gasteiger partial charge in [-0.25, -0.2) is 4.79 Å². The normalized spacial score (nSPS) is 10.5.